The molecule has 10 nitrogen and oxygen atoms in total. The van der Waals surface area contributed by atoms with Gasteiger partial charge in [0.25, 0.3) is 6.20 Å². The fraction of sp³-hybridized carbons (Fsp3) is 0.565. The van der Waals surface area contributed by atoms with Crippen molar-refractivity contribution in [1.29, 1.82) is 0 Å². The zero-order chi connectivity index (χ0) is 24.6. The molecular formula is C23H32N5O5S+. The minimum absolute atomic E-state index is 0.0630. The Bertz CT molecular complexity index is 1110. The van der Waals surface area contributed by atoms with Crippen LogP contribution in [0.15, 0.2) is 10.7 Å². The van der Waals surface area contributed by atoms with E-state index in [4.69, 9.17) is 9.26 Å². The maximum absolute atomic E-state index is 13.0. The number of benzene rings is 1. The monoisotopic (exact) mass is 490 g/mol. The predicted octanol–water partition coefficient (Wildman–Crippen LogP) is 1.46. The molecule has 1 amide bonds. The molecule has 1 aromatic heterocycles. The normalized spacial score (nSPS) is 20.6. The molecule has 11 heteroatoms. The number of ether oxygens (including phenoxy) is 1. The summed E-state index contributed by atoms with van der Waals surface area (Å²) in [7, 11) is 2.07. The van der Waals surface area contributed by atoms with E-state index in [2.05, 4.69) is 22.5 Å². The smallest absolute Gasteiger partial charge is 0.305 e. The summed E-state index contributed by atoms with van der Waals surface area (Å²) in [6.07, 6.45) is 2.72. The summed E-state index contributed by atoms with van der Waals surface area (Å²) in [5, 5.41) is 18.8. The zero-order valence-electron chi connectivity index (χ0n) is 20.3. The number of carbonyl (C=O) groups excluding carboxylic acids is 2. The van der Waals surface area contributed by atoms with Crippen LogP contribution in [0.3, 0.4) is 0 Å². The Morgan fingerprint density at radius 2 is 1.91 bits per heavy atom. The van der Waals surface area contributed by atoms with Crippen molar-refractivity contribution < 1.29 is 28.7 Å². The molecule has 1 unspecified atom stereocenters. The number of hydrogen-bond donors (Lipinski definition) is 2. The molecule has 184 valence electrons. The van der Waals surface area contributed by atoms with Gasteiger partial charge in [0.05, 0.1) is 23.6 Å². The Morgan fingerprint density at radius 3 is 2.62 bits per heavy atom. The van der Waals surface area contributed by atoms with E-state index in [9.17, 15) is 14.7 Å². The first kappa shape index (κ1) is 24.3. The first-order chi connectivity index (χ1) is 16.1. The number of fused-ring (bicyclic) bond motifs is 1. The number of aromatic nitrogens is 2. The molecule has 2 aliphatic rings. The van der Waals surface area contributed by atoms with Gasteiger partial charge in [0, 0.05) is 18.7 Å². The van der Waals surface area contributed by atoms with Crippen molar-refractivity contribution in [3.63, 3.8) is 0 Å². The van der Waals surface area contributed by atoms with Crippen LogP contribution < -0.4 is 19.9 Å². The van der Waals surface area contributed by atoms with Crippen LogP contribution in [0.4, 0.5) is 5.88 Å². The van der Waals surface area contributed by atoms with E-state index in [1.807, 2.05) is 25.8 Å². The number of nitrogens with one attached hydrogen (secondary N) is 1. The fourth-order valence-corrected chi connectivity index (χ4v) is 5.06. The Balaban J connectivity index is 1.34. The van der Waals surface area contributed by atoms with Crippen LogP contribution in [0.5, 0.6) is 11.5 Å². The summed E-state index contributed by atoms with van der Waals surface area (Å²) in [5.74, 6) is 0.754. The van der Waals surface area contributed by atoms with Gasteiger partial charge in [-0.2, -0.15) is 5.01 Å². The number of phenolic OH excluding ortho intramolecular Hbond substituents is 1. The van der Waals surface area contributed by atoms with E-state index in [0.717, 1.165) is 60.2 Å². The third-order valence-corrected chi connectivity index (χ3v) is 7.87. The van der Waals surface area contributed by atoms with Crippen molar-refractivity contribution >= 4 is 28.7 Å². The molecule has 0 spiro atoms. The fourth-order valence-electron chi connectivity index (χ4n) is 4.28. The topological polar surface area (TPSA) is 112 Å². The highest BCUT2D eigenvalue weighted by Gasteiger charge is 2.41. The average molecular weight is 491 g/mol. The maximum Gasteiger partial charge on any atom is 0.305 e. The number of rotatable bonds is 5. The number of carbonyl (C=O) groups is 2. The molecule has 0 radical (unpaired) electrons. The van der Waals surface area contributed by atoms with Crippen LogP contribution in [-0.2, 0) is 16.0 Å². The highest BCUT2D eigenvalue weighted by Crippen LogP contribution is 2.44. The van der Waals surface area contributed by atoms with Crippen molar-refractivity contribution in [2.24, 2.45) is 0 Å². The minimum atomic E-state index is -1.05. The molecule has 3 heterocycles. The lowest BCUT2D eigenvalue weighted by atomic mass is 9.87. The number of thioether (sulfide) groups is 1. The standard InChI is InChI=1S/C23H31N5O5S/c1-14-15(2)21-17(16(3)20(14)30)6-7-23(4,32-21)22(31)34-13-18(29)24-19-12-28(25-33-19)27-10-8-26(5)9-11-27/h12H,6-11,13H2,1-5H3,(H-,24,25,29,30)/p+1. The molecule has 1 saturated heterocycles. The van der Waals surface area contributed by atoms with Gasteiger partial charge in [-0.3, -0.25) is 19.4 Å². The highest BCUT2D eigenvalue weighted by molar-refractivity contribution is 8.14. The molecule has 2 aliphatic heterocycles. The molecule has 1 fully saturated rings. The summed E-state index contributed by atoms with van der Waals surface area (Å²) in [4.78, 5) is 29.3. The summed E-state index contributed by atoms with van der Waals surface area (Å²) in [6, 6.07) is 0. The molecule has 2 N–H and O–H groups in total. The van der Waals surface area contributed by atoms with Gasteiger partial charge in [-0.25, -0.2) is 0 Å². The SMILES string of the molecule is Cc1c(C)c2c(c(C)c1O)CCC(C)(C(=O)SCC(=O)Nc1c[n+](N3CCN(C)CC3)no1)O2. The second-order valence-electron chi connectivity index (χ2n) is 9.23. The molecular weight excluding hydrogens is 458 g/mol. The Hall–Kier alpha value is -2.79. The maximum atomic E-state index is 13.0. The van der Waals surface area contributed by atoms with Crippen molar-refractivity contribution in [2.45, 2.75) is 46.1 Å². The third kappa shape index (κ3) is 4.72. The van der Waals surface area contributed by atoms with Crippen molar-refractivity contribution in [3.8, 4) is 11.5 Å². The summed E-state index contributed by atoms with van der Waals surface area (Å²) in [6.45, 7) is 10.8. The van der Waals surface area contributed by atoms with Crippen LogP contribution in [-0.4, -0.2) is 70.9 Å². The molecule has 0 bridgehead atoms. The van der Waals surface area contributed by atoms with Crippen molar-refractivity contribution in [2.75, 3.05) is 49.3 Å². The van der Waals surface area contributed by atoms with E-state index in [0.29, 0.717) is 18.6 Å². The molecule has 0 aliphatic carbocycles. The number of nitrogens with zero attached hydrogens (tertiary/aromatic N) is 4. The zero-order valence-corrected chi connectivity index (χ0v) is 21.1. The molecule has 34 heavy (non-hydrogen) atoms. The van der Waals surface area contributed by atoms with Crippen LogP contribution in [0.1, 0.15) is 35.6 Å². The molecule has 0 saturated carbocycles. The quantitative estimate of drug-likeness (QED) is 0.602. The van der Waals surface area contributed by atoms with Crippen molar-refractivity contribution in [3.05, 3.63) is 28.5 Å². The second kappa shape index (κ2) is 9.46. The van der Waals surface area contributed by atoms with Crippen LogP contribution in [0.25, 0.3) is 0 Å². The number of anilines is 1. The van der Waals surface area contributed by atoms with E-state index < -0.39 is 5.60 Å². The molecule has 4 rings (SSSR count). The Kier molecular flexibility index (Phi) is 6.77. The van der Waals surface area contributed by atoms with E-state index >= 15 is 0 Å². The van der Waals surface area contributed by atoms with Crippen LogP contribution in [0, 0.1) is 20.8 Å². The second-order valence-corrected chi connectivity index (χ2v) is 10.2. The lowest BCUT2D eigenvalue weighted by molar-refractivity contribution is -0.759. The lowest BCUT2D eigenvalue weighted by Gasteiger charge is -2.36. The van der Waals surface area contributed by atoms with Crippen molar-refractivity contribution in [1.82, 2.24) is 10.2 Å². The summed E-state index contributed by atoms with van der Waals surface area (Å²) < 4.78 is 11.4. The van der Waals surface area contributed by atoms with Gasteiger partial charge in [0.15, 0.2) is 5.60 Å². The Labute approximate surface area is 203 Å². The van der Waals surface area contributed by atoms with Gasteiger partial charge in [-0.05, 0) is 64.3 Å². The van der Waals surface area contributed by atoms with Gasteiger partial charge in [0.2, 0.25) is 16.3 Å². The lowest BCUT2D eigenvalue weighted by Crippen LogP contribution is -2.64. The summed E-state index contributed by atoms with van der Waals surface area (Å²) >= 11 is 0.926. The summed E-state index contributed by atoms with van der Waals surface area (Å²) in [5.41, 5.74) is 2.27. The number of likely N-dealkylation sites (N-methyl/N-ethyl adjacent to an activating group) is 1. The van der Waals surface area contributed by atoms with Gasteiger partial charge in [-0.15, -0.1) is 0 Å². The average Bonchev–Trinajstić information content (AvgIpc) is 3.28. The third-order valence-electron chi connectivity index (χ3n) is 6.77. The largest absolute Gasteiger partial charge is 0.507 e. The molecule has 1 atom stereocenters. The molecule has 2 aromatic rings. The van der Waals surface area contributed by atoms with E-state index in [1.54, 1.807) is 17.9 Å². The number of phenols is 1. The number of hydrogen-bond acceptors (Lipinski definition) is 9. The first-order valence-electron chi connectivity index (χ1n) is 11.4. The van der Waals surface area contributed by atoms with Gasteiger partial charge >= 0.3 is 5.88 Å². The number of amides is 1. The highest BCUT2D eigenvalue weighted by atomic mass is 32.2. The van der Waals surface area contributed by atoms with Crippen LogP contribution >= 0.6 is 11.8 Å². The minimum Gasteiger partial charge on any atom is -0.507 e. The molecule has 1 aromatic carbocycles. The van der Waals surface area contributed by atoms with E-state index in [1.165, 1.54) is 0 Å². The Morgan fingerprint density at radius 1 is 1.21 bits per heavy atom. The predicted molar refractivity (Wildman–Crippen MR) is 128 cm³/mol. The number of piperazine rings is 1. The van der Waals surface area contributed by atoms with Gasteiger partial charge < -0.3 is 14.7 Å². The number of aromatic hydroxyl groups is 1. The van der Waals surface area contributed by atoms with Gasteiger partial charge in [-0.1, -0.05) is 11.8 Å². The van der Waals surface area contributed by atoms with Crippen LogP contribution in [0.2, 0.25) is 0 Å². The first-order valence-corrected chi connectivity index (χ1v) is 12.4. The van der Waals surface area contributed by atoms with E-state index in [-0.39, 0.29) is 28.4 Å². The van der Waals surface area contributed by atoms with Gasteiger partial charge in [0.1, 0.15) is 11.5 Å².